The molecule has 21 heavy (non-hydrogen) atoms. The SMILES string of the molecule is CCNC1CCC(C)(C)CC1CN1CCC(C(C)O)CC1. The van der Waals surface area contributed by atoms with Crippen molar-refractivity contribution in [1.29, 1.82) is 0 Å². The van der Waals surface area contributed by atoms with Gasteiger partial charge in [0.25, 0.3) is 0 Å². The maximum Gasteiger partial charge on any atom is 0.0541 e. The number of aliphatic hydroxyl groups is 1. The molecule has 124 valence electrons. The molecule has 0 aromatic heterocycles. The first-order chi connectivity index (χ1) is 9.91. The van der Waals surface area contributed by atoms with E-state index in [0.29, 0.717) is 17.4 Å². The smallest absolute Gasteiger partial charge is 0.0541 e. The van der Waals surface area contributed by atoms with E-state index in [0.717, 1.165) is 12.5 Å². The van der Waals surface area contributed by atoms with Crippen molar-refractivity contribution in [2.45, 2.75) is 71.9 Å². The van der Waals surface area contributed by atoms with Crippen LogP contribution >= 0.6 is 0 Å². The topological polar surface area (TPSA) is 35.5 Å². The van der Waals surface area contributed by atoms with E-state index in [1.165, 1.54) is 51.7 Å². The van der Waals surface area contributed by atoms with Crippen molar-refractivity contribution in [3.63, 3.8) is 0 Å². The molecule has 0 aromatic rings. The molecule has 3 unspecified atom stereocenters. The number of hydrogen-bond donors (Lipinski definition) is 2. The summed E-state index contributed by atoms with van der Waals surface area (Å²) >= 11 is 0. The van der Waals surface area contributed by atoms with Gasteiger partial charge in [-0.3, -0.25) is 0 Å². The minimum atomic E-state index is -0.129. The predicted octanol–water partition coefficient (Wildman–Crippen LogP) is 2.88. The van der Waals surface area contributed by atoms with Crippen molar-refractivity contribution in [3.8, 4) is 0 Å². The predicted molar refractivity (Wildman–Crippen MR) is 89.4 cm³/mol. The Morgan fingerprint density at radius 2 is 1.90 bits per heavy atom. The third kappa shape index (κ3) is 4.94. The molecule has 2 rings (SSSR count). The molecular formula is C18H36N2O. The van der Waals surface area contributed by atoms with Crippen LogP contribution in [0.15, 0.2) is 0 Å². The van der Waals surface area contributed by atoms with Crippen LogP contribution in [-0.2, 0) is 0 Å². The zero-order chi connectivity index (χ0) is 15.5. The molecule has 3 heteroatoms. The molecule has 3 nitrogen and oxygen atoms in total. The number of piperidine rings is 1. The van der Waals surface area contributed by atoms with Crippen LogP contribution in [0.5, 0.6) is 0 Å². The minimum absolute atomic E-state index is 0.129. The fourth-order valence-corrected chi connectivity index (χ4v) is 4.41. The molecule has 2 N–H and O–H groups in total. The summed E-state index contributed by atoms with van der Waals surface area (Å²) in [4.78, 5) is 2.65. The van der Waals surface area contributed by atoms with E-state index >= 15 is 0 Å². The van der Waals surface area contributed by atoms with E-state index in [1.54, 1.807) is 0 Å². The summed E-state index contributed by atoms with van der Waals surface area (Å²) in [5.41, 5.74) is 0.508. The second-order valence-corrected chi connectivity index (χ2v) is 8.21. The van der Waals surface area contributed by atoms with Crippen molar-refractivity contribution in [2.24, 2.45) is 17.3 Å². The molecule has 0 bridgehead atoms. The average Bonchev–Trinajstić information content (AvgIpc) is 2.42. The molecule has 1 aliphatic heterocycles. The van der Waals surface area contributed by atoms with Gasteiger partial charge in [0.1, 0.15) is 0 Å². The summed E-state index contributed by atoms with van der Waals surface area (Å²) in [6.45, 7) is 13.7. The monoisotopic (exact) mass is 296 g/mol. The second kappa shape index (κ2) is 7.43. The first-order valence-corrected chi connectivity index (χ1v) is 9.05. The third-order valence-electron chi connectivity index (χ3n) is 5.79. The average molecular weight is 296 g/mol. The Balaban J connectivity index is 1.87. The molecular weight excluding hydrogens is 260 g/mol. The number of likely N-dealkylation sites (tertiary alicyclic amines) is 1. The molecule has 3 atom stereocenters. The lowest BCUT2D eigenvalue weighted by Gasteiger charge is -2.44. The highest BCUT2D eigenvalue weighted by molar-refractivity contribution is 4.91. The van der Waals surface area contributed by atoms with Crippen LogP contribution in [0.1, 0.15) is 59.8 Å². The summed E-state index contributed by atoms with van der Waals surface area (Å²) < 4.78 is 0. The molecule has 1 heterocycles. The molecule has 1 saturated carbocycles. The fourth-order valence-electron chi connectivity index (χ4n) is 4.41. The van der Waals surface area contributed by atoms with E-state index in [-0.39, 0.29) is 6.10 Å². The van der Waals surface area contributed by atoms with Gasteiger partial charge < -0.3 is 15.3 Å². The van der Waals surface area contributed by atoms with E-state index in [4.69, 9.17) is 0 Å². The Kier molecular flexibility index (Phi) is 6.10. The van der Waals surface area contributed by atoms with Crippen molar-refractivity contribution in [1.82, 2.24) is 10.2 Å². The maximum absolute atomic E-state index is 9.74. The van der Waals surface area contributed by atoms with Crippen molar-refractivity contribution < 1.29 is 5.11 Å². The number of aliphatic hydroxyl groups excluding tert-OH is 1. The van der Waals surface area contributed by atoms with E-state index in [9.17, 15) is 5.11 Å². The lowest BCUT2D eigenvalue weighted by molar-refractivity contribution is 0.0489. The first kappa shape index (κ1) is 17.2. The number of nitrogens with one attached hydrogen (secondary N) is 1. The highest BCUT2D eigenvalue weighted by Gasteiger charge is 2.36. The zero-order valence-corrected chi connectivity index (χ0v) is 14.6. The highest BCUT2D eigenvalue weighted by Crippen LogP contribution is 2.39. The lowest BCUT2D eigenvalue weighted by atomic mass is 9.69. The van der Waals surface area contributed by atoms with E-state index < -0.39 is 0 Å². The van der Waals surface area contributed by atoms with Crippen molar-refractivity contribution in [2.75, 3.05) is 26.2 Å². The van der Waals surface area contributed by atoms with Gasteiger partial charge in [-0.25, -0.2) is 0 Å². The summed E-state index contributed by atoms with van der Waals surface area (Å²) in [5, 5.41) is 13.5. The van der Waals surface area contributed by atoms with Crippen LogP contribution in [0, 0.1) is 17.3 Å². The van der Waals surface area contributed by atoms with Gasteiger partial charge in [-0.2, -0.15) is 0 Å². The van der Waals surface area contributed by atoms with Gasteiger partial charge in [-0.05, 0) is 75.9 Å². The molecule has 0 amide bonds. The van der Waals surface area contributed by atoms with Gasteiger partial charge in [0.05, 0.1) is 6.10 Å². The van der Waals surface area contributed by atoms with Gasteiger partial charge >= 0.3 is 0 Å². The molecule has 0 spiro atoms. The standard InChI is InChI=1S/C18H36N2O/c1-5-19-17-6-9-18(3,4)12-16(17)13-20-10-7-15(8-11-20)14(2)21/h14-17,19,21H,5-13H2,1-4H3. The molecule has 1 saturated heterocycles. The van der Waals surface area contributed by atoms with Gasteiger partial charge in [-0.1, -0.05) is 20.8 Å². The minimum Gasteiger partial charge on any atom is -0.393 e. The maximum atomic E-state index is 9.74. The molecule has 2 fully saturated rings. The Hall–Kier alpha value is -0.120. The summed E-state index contributed by atoms with van der Waals surface area (Å²) in [7, 11) is 0. The third-order valence-corrected chi connectivity index (χ3v) is 5.79. The van der Waals surface area contributed by atoms with Gasteiger partial charge in [0.15, 0.2) is 0 Å². The van der Waals surface area contributed by atoms with Crippen LogP contribution in [-0.4, -0.2) is 48.3 Å². The van der Waals surface area contributed by atoms with Crippen LogP contribution in [0.2, 0.25) is 0 Å². The molecule has 0 radical (unpaired) electrons. The van der Waals surface area contributed by atoms with Gasteiger partial charge in [0, 0.05) is 12.6 Å². The zero-order valence-electron chi connectivity index (χ0n) is 14.6. The Bertz CT molecular complexity index is 308. The Morgan fingerprint density at radius 3 is 2.48 bits per heavy atom. The quantitative estimate of drug-likeness (QED) is 0.819. The number of rotatable bonds is 5. The van der Waals surface area contributed by atoms with E-state index in [2.05, 4.69) is 31.0 Å². The normalized spacial score (nSPS) is 33.0. The van der Waals surface area contributed by atoms with Crippen LogP contribution in [0.4, 0.5) is 0 Å². The molecule has 0 aromatic carbocycles. The summed E-state index contributed by atoms with van der Waals surface area (Å²) in [6, 6.07) is 0.706. The van der Waals surface area contributed by atoms with Crippen LogP contribution in [0.3, 0.4) is 0 Å². The van der Waals surface area contributed by atoms with Gasteiger partial charge in [-0.15, -0.1) is 0 Å². The van der Waals surface area contributed by atoms with Crippen LogP contribution < -0.4 is 5.32 Å². The Morgan fingerprint density at radius 1 is 1.24 bits per heavy atom. The second-order valence-electron chi connectivity index (χ2n) is 8.21. The largest absolute Gasteiger partial charge is 0.393 e. The Labute approximate surface area is 131 Å². The summed E-state index contributed by atoms with van der Waals surface area (Å²) in [6.07, 6.45) is 6.23. The van der Waals surface area contributed by atoms with Crippen molar-refractivity contribution >= 4 is 0 Å². The summed E-state index contributed by atoms with van der Waals surface area (Å²) in [5.74, 6) is 1.31. The number of hydrogen-bond acceptors (Lipinski definition) is 3. The first-order valence-electron chi connectivity index (χ1n) is 9.05. The van der Waals surface area contributed by atoms with Crippen LogP contribution in [0.25, 0.3) is 0 Å². The number of nitrogens with zero attached hydrogens (tertiary/aromatic N) is 1. The van der Waals surface area contributed by atoms with Crippen molar-refractivity contribution in [3.05, 3.63) is 0 Å². The molecule has 1 aliphatic carbocycles. The highest BCUT2D eigenvalue weighted by atomic mass is 16.3. The lowest BCUT2D eigenvalue weighted by Crippen LogP contribution is -2.49. The molecule has 2 aliphatic rings. The van der Waals surface area contributed by atoms with Gasteiger partial charge in [0.2, 0.25) is 0 Å². The van der Waals surface area contributed by atoms with E-state index in [1.807, 2.05) is 6.92 Å². The fraction of sp³-hybridized carbons (Fsp3) is 1.00.